The lowest BCUT2D eigenvalue weighted by atomic mass is 9.76. The van der Waals surface area contributed by atoms with Gasteiger partial charge in [0.25, 0.3) is 0 Å². The molecule has 0 N–H and O–H groups in total. The summed E-state index contributed by atoms with van der Waals surface area (Å²) in [6, 6.07) is 9.22. The highest BCUT2D eigenvalue weighted by molar-refractivity contribution is 5.82. The monoisotopic (exact) mass is 311 g/mol. The molecule has 2 saturated heterocycles. The van der Waals surface area contributed by atoms with Crippen LogP contribution in [0, 0.1) is 11.8 Å². The molecule has 4 atom stereocenters. The van der Waals surface area contributed by atoms with Gasteiger partial charge in [0.15, 0.2) is 0 Å². The van der Waals surface area contributed by atoms with E-state index in [0.29, 0.717) is 24.2 Å². The second-order valence-corrected chi connectivity index (χ2v) is 7.54. The van der Waals surface area contributed by atoms with Crippen LogP contribution in [0.3, 0.4) is 0 Å². The molecule has 3 fully saturated rings. The molecule has 2 heterocycles. The molecule has 2 nitrogen and oxygen atoms in total. The second kappa shape index (κ2) is 6.60. The Morgan fingerprint density at radius 1 is 1.26 bits per heavy atom. The van der Waals surface area contributed by atoms with Gasteiger partial charge in [-0.3, -0.25) is 4.79 Å². The summed E-state index contributed by atoms with van der Waals surface area (Å²) in [5.74, 6) is 1.72. The molecule has 124 valence electrons. The summed E-state index contributed by atoms with van der Waals surface area (Å²) >= 11 is 0. The van der Waals surface area contributed by atoms with E-state index in [9.17, 15) is 4.79 Å². The van der Waals surface area contributed by atoms with Gasteiger partial charge in [-0.2, -0.15) is 0 Å². The van der Waals surface area contributed by atoms with Crippen molar-refractivity contribution in [2.24, 2.45) is 11.8 Å². The smallest absolute Gasteiger partial charge is 0.137 e. The number of hydrogen-bond donors (Lipinski definition) is 0. The van der Waals surface area contributed by atoms with E-state index in [2.05, 4.69) is 42.8 Å². The third-order valence-corrected chi connectivity index (χ3v) is 5.97. The molecule has 0 radical (unpaired) electrons. The fourth-order valence-corrected chi connectivity index (χ4v) is 4.71. The van der Waals surface area contributed by atoms with Crippen LogP contribution in [0.5, 0.6) is 0 Å². The molecule has 2 aliphatic heterocycles. The van der Waals surface area contributed by atoms with Crippen molar-refractivity contribution < 1.29 is 4.79 Å². The summed E-state index contributed by atoms with van der Waals surface area (Å²) in [5, 5.41) is 0. The van der Waals surface area contributed by atoms with Crippen LogP contribution >= 0.6 is 0 Å². The molecule has 0 spiro atoms. The van der Waals surface area contributed by atoms with Crippen molar-refractivity contribution in [1.29, 1.82) is 0 Å². The lowest BCUT2D eigenvalue weighted by molar-refractivity contribution is -0.125. The van der Waals surface area contributed by atoms with Gasteiger partial charge in [0.2, 0.25) is 0 Å². The minimum Gasteiger partial charge on any atom is -0.302 e. The van der Waals surface area contributed by atoms with E-state index >= 15 is 0 Å². The Bertz CT molecular complexity index is 588. The van der Waals surface area contributed by atoms with Crippen LogP contribution in [0.4, 0.5) is 0 Å². The SMILES string of the molecule is C=C(C)c1ccc(C2CC3CCC(C2C(=O)CC)N(C)C3)cc1. The van der Waals surface area contributed by atoms with Crippen molar-refractivity contribution in [1.82, 2.24) is 4.90 Å². The first-order valence-electron chi connectivity index (χ1n) is 9.00. The van der Waals surface area contributed by atoms with Crippen LogP contribution < -0.4 is 0 Å². The molecule has 1 aliphatic carbocycles. The predicted octanol–water partition coefficient (Wildman–Crippen LogP) is 4.51. The van der Waals surface area contributed by atoms with E-state index in [0.717, 1.165) is 24.5 Å². The van der Waals surface area contributed by atoms with Crippen molar-refractivity contribution in [2.75, 3.05) is 13.6 Å². The topological polar surface area (TPSA) is 20.3 Å². The largest absolute Gasteiger partial charge is 0.302 e. The van der Waals surface area contributed by atoms with Crippen molar-refractivity contribution in [3.63, 3.8) is 0 Å². The van der Waals surface area contributed by atoms with Crippen molar-refractivity contribution in [2.45, 2.75) is 51.5 Å². The highest BCUT2D eigenvalue weighted by Gasteiger charge is 2.44. The average Bonchev–Trinajstić information content (AvgIpc) is 2.81. The molecular formula is C21H29NO. The lowest BCUT2D eigenvalue weighted by Crippen LogP contribution is -2.45. The molecule has 2 bridgehead atoms. The molecule has 1 aromatic rings. The predicted molar refractivity (Wildman–Crippen MR) is 96.4 cm³/mol. The van der Waals surface area contributed by atoms with Crippen LogP contribution in [-0.2, 0) is 4.79 Å². The number of hydrogen-bond acceptors (Lipinski definition) is 2. The molecule has 0 amide bonds. The van der Waals surface area contributed by atoms with Gasteiger partial charge in [-0.25, -0.2) is 0 Å². The van der Waals surface area contributed by atoms with Crippen molar-refractivity contribution in [3.05, 3.63) is 42.0 Å². The van der Waals surface area contributed by atoms with Gasteiger partial charge in [-0.05, 0) is 56.2 Å². The van der Waals surface area contributed by atoms with Gasteiger partial charge in [-0.1, -0.05) is 43.3 Å². The molecule has 4 unspecified atom stereocenters. The quantitative estimate of drug-likeness (QED) is 0.815. The summed E-state index contributed by atoms with van der Waals surface area (Å²) < 4.78 is 0. The Morgan fingerprint density at radius 3 is 2.52 bits per heavy atom. The number of carbonyl (C=O) groups is 1. The summed E-state index contributed by atoms with van der Waals surface area (Å²) in [6.45, 7) is 9.23. The number of benzene rings is 1. The molecule has 3 aliphatic rings. The van der Waals surface area contributed by atoms with Gasteiger partial charge in [0.05, 0.1) is 0 Å². The van der Waals surface area contributed by atoms with Crippen LogP contribution in [0.2, 0.25) is 0 Å². The Hall–Kier alpha value is -1.41. The van der Waals surface area contributed by atoms with Crippen molar-refractivity contribution in [3.8, 4) is 0 Å². The Labute approximate surface area is 140 Å². The first-order valence-corrected chi connectivity index (χ1v) is 9.00. The minimum absolute atomic E-state index is 0.160. The Balaban J connectivity index is 1.97. The van der Waals surface area contributed by atoms with Gasteiger partial charge in [0.1, 0.15) is 5.78 Å². The van der Waals surface area contributed by atoms with E-state index < -0.39 is 0 Å². The van der Waals surface area contributed by atoms with Gasteiger partial charge in [0, 0.05) is 24.9 Å². The number of piperidine rings is 1. The Morgan fingerprint density at radius 2 is 1.96 bits per heavy atom. The van der Waals surface area contributed by atoms with Crippen molar-refractivity contribution >= 4 is 11.4 Å². The summed E-state index contributed by atoms with van der Waals surface area (Å²) in [7, 11) is 2.21. The molecular weight excluding hydrogens is 282 g/mol. The normalized spacial score (nSPS) is 30.9. The molecule has 0 aromatic heterocycles. The highest BCUT2D eigenvalue weighted by Crippen LogP contribution is 2.45. The van der Waals surface area contributed by atoms with E-state index in [1.165, 1.54) is 24.0 Å². The zero-order valence-electron chi connectivity index (χ0n) is 14.7. The highest BCUT2D eigenvalue weighted by atomic mass is 16.1. The first-order chi connectivity index (χ1) is 11.0. The van der Waals surface area contributed by atoms with Crippen LogP contribution in [0.25, 0.3) is 5.57 Å². The number of nitrogens with zero attached hydrogens (tertiary/aromatic N) is 1. The Kier molecular flexibility index (Phi) is 4.72. The van der Waals surface area contributed by atoms with E-state index in [1.807, 2.05) is 13.8 Å². The zero-order chi connectivity index (χ0) is 16.6. The summed E-state index contributed by atoms with van der Waals surface area (Å²) in [4.78, 5) is 15.2. The van der Waals surface area contributed by atoms with Crippen LogP contribution in [0.1, 0.15) is 56.6 Å². The third-order valence-electron chi connectivity index (χ3n) is 5.97. The number of carbonyl (C=O) groups excluding carboxylic acids is 1. The number of ketones is 1. The zero-order valence-corrected chi connectivity index (χ0v) is 14.7. The average molecular weight is 311 g/mol. The molecule has 23 heavy (non-hydrogen) atoms. The fourth-order valence-electron chi connectivity index (χ4n) is 4.71. The van der Waals surface area contributed by atoms with E-state index in [4.69, 9.17) is 0 Å². The number of Topliss-reactive ketones (excluding diaryl/α,β-unsaturated/α-hetero) is 1. The number of fused-ring (bicyclic) bond motifs is 4. The summed E-state index contributed by atoms with van der Waals surface area (Å²) in [5.41, 5.74) is 3.63. The molecule has 2 heteroatoms. The maximum atomic E-state index is 12.8. The van der Waals surface area contributed by atoms with Crippen LogP contribution in [-0.4, -0.2) is 30.3 Å². The standard InChI is InChI=1S/C21H29NO/c1-5-20(23)21-18(12-15-6-11-19(21)22(4)13-15)17-9-7-16(8-10-17)14(2)3/h7-10,15,18-19,21H,2,5-6,11-13H2,1,3-4H3. The maximum Gasteiger partial charge on any atom is 0.137 e. The maximum absolute atomic E-state index is 12.8. The number of allylic oxidation sites excluding steroid dienone is 1. The molecule has 4 rings (SSSR count). The van der Waals surface area contributed by atoms with Gasteiger partial charge >= 0.3 is 0 Å². The van der Waals surface area contributed by atoms with Gasteiger partial charge in [-0.15, -0.1) is 0 Å². The molecule has 1 saturated carbocycles. The second-order valence-electron chi connectivity index (χ2n) is 7.54. The minimum atomic E-state index is 0.160. The summed E-state index contributed by atoms with van der Waals surface area (Å²) in [6.07, 6.45) is 4.27. The third kappa shape index (κ3) is 3.14. The van der Waals surface area contributed by atoms with Gasteiger partial charge < -0.3 is 4.90 Å². The van der Waals surface area contributed by atoms with Crippen LogP contribution in [0.15, 0.2) is 30.8 Å². The fraction of sp³-hybridized carbons (Fsp3) is 0.571. The van der Waals surface area contributed by atoms with E-state index in [-0.39, 0.29) is 5.92 Å². The number of rotatable bonds is 4. The first kappa shape index (κ1) is 16.4. The van der Waals surface area contributed by atoms with E-state index in [1.54, 1.807) is 0 Å². The lowest BCUT2D eigenvalue weighted by Gasteiger charge is -2.37. The molecule has 1 aromatic carbocycles.